The van der Waals surface area contributed by atoms with E-state index in [9.17, 15) is 18.0 Å². The molecule has 0 radical (unpaired) electrons. The number of nitrogens with zero attached hydrogens (tertiary/aromatic N) is 6. The fourth-order valence-corrected chi connectivity index (χ4v) is 4.67. The van der Waals surface area contributed by atoms with Crippen molar-refractivity contribution in [1.82, 2.24) is 19.9 Å². The Hall–Kier alpha value is -3.96. The van der Waals surface area contributed by atoms with Crippen LogP contribution in [0, 0.1) is 0 Å². The molecular weight excluding hydrogens is 487 g/mol. The third-order valence-corrected chi connectivity index (χ3v) is 6.43. The molecule has 12 heteroatoms. The van der Waals surface area contributed by atoms with Gasteiger partial charge in [-0.15, -0.1) is 0 Å². The van der Waals surface area contributed by atoms with Crippen molar-refractivity contribution in [3.8, 4) is 11.6 Å². The summed E-state index contributed by atoms with van der Waals surface area (Å²) in [6.45, 7) is 5.79. The van der Waals surface area contributed by atoms with Gasteiger partial charge in [0.2, 0.25) is 17.7 Å². The molecule has 9 nitrogen and oxygen atoms in total. The van der Waals surface area contributed by atoms with Crippen molar-refractivity contribution in [3.05, 3.63) is 53.6 Å². The van der Waals surface area contributed by atoms with Gasteiger partial charge in [-0.25, -0.2) is 15.0 Å². The van der Waals surface area contributed by atoms with Crippen LogP contribution in [-0.2, 0) is 23.9 Å². The molecule has 2 aliphatic rings. The summed E-state index contributed by atoms with van der Waals surface area (Å²) in [5, 5.41) is 3.25. The summed E-state index contributed by atoms with van der Waals surface area (Å²) in [7, 11) is 0. The Morgan fingerprint density at radius 1 is 1.11 bits per heavy atom. The van der Waals surface area contributed by atoms with Gasteiger partial charge in [0.1, 0.15) is 23.2 Å². The third-order valence-electron chi connectivity index (χ3n) is 6.43. The predicted octanol–water partition coefficient (Wildman–Crippen LogP) is 4.59. The average molecular weight is 514 g/mol. The van der Waals surface area contributed by atoms with Crippen molar-refractivity contribution < 1.29 is 22.7 Å². The Morgan fingerprint density at radius 2 is 1.95 bits per heavy atom. The van der Waals surface area contributed by atoms with E-state index in [4.69, 9.17) is 14.7 Å². The quantitative estimate of drug-likeness (QED) is 0.490. The number of halogens is 3. The molecule has 0 saturated carbocycles. The van der Waals surface area contributed by atoms with Crippen LogP contribution in [0.2, 0.25) is 0 Å². The van der Waals surface area contributed by atoms with Crippen LogP contribution in [0.5, 0.6) is 11.6 Å². The number of rotatable bonds is 7. The number of alkyl halides is 3. The van der Waals surface area contributed by atoms with Gasteiger partial charge in [-0.2, -0.15) is 18.2 Å². The van der Waals surface area contributed by atoms with E-state index in [-0.39, 0.29) is 23.6 Å². The Bertz CT molecular complexity index is 1280. The highest BCUT2D eigenvalue weighted by Crippen LogP contribution is 2.41. The van der Waals surface area contributed by atoms with Crippen molar-refractivity contribution >= 4 is 23.4 Å². The molecule has 0 aliphatic carbocycles. The number of aromatic nitrogens is 4. The fraction of sp³-hybridized carbons (Fsp3) is 0.400. The number of aryl methyl sites for hydroxylation is 1. The molecule has 0 aromatic carbocycles. The summed E-state index contributed by atoms with van der Waals surface area (Å²) in [6.07, 6.45) is 0.452. The maximum atomic E-state index is 13.0. The third kappa shape index (κ3) is 4.87. The second-order valence-corrected chi connectivity index (χ2v) is 8.81. The molecule has 1 amide bonds. The first-order chi connectivity index (χ1) is 17.8. The van der Waals surface area contributed by atoms with E-state index in [1.54, 1.807) is 18.3 Å². The molecule has 0 spiro atoms. The lowest BCUT2D eigenvalue weighted by atomic mass is 10.0. The fourth-order valence-electron chi connectivity index (χ4n) is 4.67. The minimum Gasteiger partial charge on any atom is -0.437 e. The summed E-state index contributed by atoms with van der Waals surface area (Å²) < 4.78 is 43.5. The molecule has 5 heterocycles. The van der Waals surface area contributed by atoms with E-state index in [0.29, 0.717) is 32.0 Å². The van der Waals surface area contributed by atoms with Crippen molar-refractivity contribution in [3.63, 3.8) is 0 Å². The molecule has 5 rings (SSSR count). The van der Waals surface area contributed by atoms with Gasteiger partial charge in [0, 0.05) is 31.9 Å². The SMILES string of the molecule is CCC1C(=O)N2CCCc3nc(NCc4ccc(Oc5ccc(C(F)(F)F)nc5)nc4)nc(c32)N1CC. The van der Waals surface area contributed by atoms with Crippen LogP contribution in [0.15, 0.2) is 36.7 Å². The summed E-state index contributed by atoms with van der Waals surface area (Å²) in [4.78, 5) is 34.0. The molecule has 194 valence electrons. The average Bonchev–Trinajstić information content (AvgIpc) is 2.89. The molecule has 3 aromatic rings. The lowest BCUT2D eigenvalue weighted by Crippen LogP contribution is -2.55. The van der Waals surface area contributed by atoms with E-state index in [1.807, 2.05) is 18.7 Å². The molecule has 3 aromatic heterocycles. The highest BCUT2D eigenvalue weighted by atomic mass is 19.4. The largest absolute Gasteiger partial charge is 0.437 e. The molecular formula is C25H26F3N7O2. The van der Waals surface area contributed by atoms with E-state index >= 15 is 0 Å². The van der Waals surface area contributed by atoms with Crippen LogP contribution >= 0.6 is 0 Å². The number of amides is 1. The van der Waals surface area contributed by atoms with Crippen LogP contribution in [0.4, 0.5) is 30.6 Å². The van der Waals surface area contributed by atoms with E-state index in [2.05, 4.69) is 20.2 Å². The number of pyridine rings is 2. The van der Waals surface area contributed by atoms with Crippen molar-refractivity contribution in [2.75, 3.05) is 28.2 Å². The van der Waals surface area contributed by atoms with E-state index in [1.165, 1.54) is 6.07 Å². The Morgan fingerprint density at radius 3 is 2.59 bits per heavy atom. The van der Waals surface area contributed by atoms with Gasteiger partial charge in [0.15, 0.2) is 5.82 Å². The van der Waals surface area contributed by atoms with Crippen LogP contribution in [-0.4, -0.2) is 45.0 Å². The summed E-state index contributed by atoms with van der Waals surface area (Å²) in [5.41, 5.74) is 1.55. The molecule has 37 heavy (non-hydrogen) atoms. The van der Waals surface area contributed by atoms with Crippen LogP contribution in [0.1, 0.15) is 43.6 Å². The molecule has 0 fully saturated rings. The van der Waals surface area contributed by atoms with Gasteiger partial charge in [0.05, 0.1) is 11.9 Å². The van der Waals surface area contributed by atoms with Gasteiger partial charge >= 0.3 is 6.18 Å². The minimum absolute atomic E-state index is 0.113. The molecule has 0 bridgehead atoms. The smallest absolute Gasteiger partial charge is 0.433 e. The summed E-state index contributed by atoms with van der Waals surface area (Å²) >= 11 is 0. The number of ether oxygens (including phenoxy) is 1. The summed E-state index contributed by atoms with van der Waals surface area (Å²) in [5.74, 6) is 1.76. The van der Waals surface area contributed by atoms with Crippen LogP contribution in [0.25, 0.3) is 0 Å². The number of carbonyl (C=O) groups is 1. The molecule has 0 saturated heterocycles. The lowest BCUT2D eigenvalue weighted by molar-refractivity contribution is -0.141. The number of carbonyl (C=O) groups excluding carboxylic acids is 1. The van der Waals surface area contributed by atoms with Crippen LogP contribution in [0.3, 0.4) is 0 Å². The van der Waals surface area contributed by atoms with Crippen molar-refractivity contribution in [2.45, 2.75) is 51.9 Å². The number of hydrogen-bond acceptors (Lipinski definition) is 8. The molecule has 1 N–H and O–H groups in total. The zero-order valence-corrected chi connectivity index (χ0v) is 20.4. The standard InChI is InChI=1S/C25H26F3N7O2/c1-3-18-23(36)35-11-5-6-17-21(35)22(34(18)4-2)33-24(32-17)31-13-15-7-10-20(30-12-15)37-16-8-9-19(29-14-16)25(26,27)28/h7-10,12,14,18H,3-6,11,13H2,1-2H3,(H,31,32,33). The topological polar surface area (TPSA) is 96.4 Å². The number of likely N-dealkylation sites (N-methyl/N-ethyl adjacent to an activating group) is 1. The van der Waals surface area contributed by atoms with Gasteiger partial charge in [-0.1, -0.05) is 13.0 Å². The summed E-state index contributed by atoms with van der Waals surface area (Å²) in [6, 6.07) is 5.24. The maximum Gasteiger partial charge on any atom is 0.433 e. The number of hydrogen-bond donors (Lipinski definition) is 1. The monoisotopic (exact) mass is 513 g/mol. The second-order valence-electron chi connectivity index (χ2n) is 8.81. The van der Waals surface area contributed by atoms with Gasteiger partial charge in [-0.3, -0.25) is 4.79 Å². The molecule has 2 aliphatic heterocycles. The first-order valence-electron chi connectivity index (χ1n) is 12.2. The van der Waals surface area contributed by atoms with E-state index < -0.39 is 11.9 Å². The zero-order valence-electron chi connectivity index (χ0n) is 20.4. The zero-order chi connectivity index (χ0) is 26.2. The number of nitrogens with one attached hydrogen (secondary N) is 1. The van der Waals surface area contributed by atoms with Crippen molar-refractivity contribution in [1.29, 1.82) is 0 Å². The predicted molar refractivity (Wildman–Crippen MR) is 131 cm³/mol. The van der Waals surface area contributed by atoms with E-state index in [0.717, 1.165) is 47.9 Å². The maximum absolute atomic E-state index is 13.0. The normalized spacial score (nSPS) is 17.0. The molecule has 1 atom stereocenters. The highest BCUT2D eigenvalue weighted by molar-refractivity contribution is 6.05. The van der Waals surface area contributed by atoms with Gasteiger partial charge in [0.25, 0.3) is 0 Å². The van der Waals surface area contributed by atoms with Crippen LogP contribution < -0.4 is 19.9 Å². The van der Waals surface area contributed by atoms with Gasteiger partial charge < -0.3 is 19.9 Å². The first kappa shape index (κ1) is 24.7. The minimum atomic E-state index is -4.51. The Labute approximate surface area is 211 Å². The first-order valence-corrected chi connectivity index (χ1v) is 12.2. The second kappa shape index (κ2) is 9.83. The van der Waals surface area contributed by atoms with Gasteiger partial charge in [-0.05, 0) is 43.9 Å². The molecule has 1 unspecified atom stereocenters. The Balaban J connectivity index is 1.29. The highest BCUT2D eigenvalue weighted by Gasteiger charge is 2.41. The van der Waals surface area contributed by atoms with Crippen molar-refractivity contribution in [2.24, 2.45) is 0 Å². The number of anilines is 3. The Kier molecular flexibility index (Phi) is 6.57. The lowest BCUT2D eigenvalue weighted by Gasteiger charge is -2.43.